The lowest BCUT2D eigenvalue weighted by molar-refractivity contribution is -0.121. The molecule has 6 nitrogen and oxygen atoms in total. The summed E-state index contributed by atoms with van der Waals surface area (Å²) in [6.07, 6.45) is 0. The van der Waals surface area contributed by atoms with Gasteiger partial charge in [0.1, 0.15) is 6.04 Å². The van der Waals surface area contributed by atoms with Crippen molar-refractivity contribution in [1.29, 1.82) is 0 Å². The molecule has 0 radical (unpaired) electrons. The van der Waals surface area contributed by atoms with Crippen LogP contribution >= 0.6 is 0 Å². The number of morpholine rings is 1. The zero-order valence-electron chi connectivity index (χ0n) is 12.4. The lowest BCUT2D eigenvalue weighted by Gasteiger charge is -2.32. The molecule has 2 aliphatic heterocycles. The maximum absolute atomic E-state index is 12.5. The number of hydrogen-bond acceptors (Lipinski definition) is 5. The van der Waals surface area contributed by atoms with Crippen molar-refractivity contribution in [2.45, 2.75) is 13.0 Å². The molecular weight excluding hydrogens is 284 g/mol. The third-order valence-corrected chi connectivity index (χ3v) is 4.14. The van der Waals surface area contributed by atoms with Crippen LogP contribution in [0.4, 0.5) is 0 Å². The van der Waals surface area contributed by atoms with Gasteiger partial charge in [-0.05, 0) is 19.1 Å². The monoisotopic (exact) mass is 302 g/mol. The van der Waals surface area contributed by atoms with Crippen LogP contribution in [0.15, 0.2) is 24.3 Å². The number of Topliss-reactive ketones (excluding diaryl/α,β-unsaturated/α-hetero) is 1. The summed E-state index contributed by atoms with van der Waals surface area (Å²) in [4.78, 5) is 40.2. The average Bonchev–Trinajstić information content (AvgIpc) is 2.78. The Hall–Kier alpha value is -2.05. The Morgan fingerprint density at radius 2 is 1.68 bits per heavy atom. The van der Waals surface area contributed by atoms with Crippen molar-refractivity contribution >= 4 is 17.6 Å². The third kappa shape index (κ3) is 2.55. The molecule has 2 aliphatic rings. The van der Waals surface area contributed by atoms with Gasteiger partial charge in [0.25, 0.3) is 11.8 Å². The number of imide groups is 1. The van der Waals surface area contributed by atoms with Crippen LogP contribution in [0.2, 0.25) is 0 Å². The highest BCUT2D eigenvalue weighted by Gasteiger charge is 2.42. The fourth-order valence-corrected chi connectivity index (χ4v) is 2.91. The first-order chi connectivity index (χ1) is 10.6. The van der Waals surface area contributed by atoms with Crippen molar-refractivity contribution in [3.05, 3.63) is 35.4 Å². The molecule has 6 heteroatoms. The lowest BCUT2D eigenvalue weighted by atomic mass is 10.1. The maximum atomic E-state index is 12.5. The lowest BCUT2D eigenvalue weighted by Crippen LogP contribution is -2.52. The first kappa shape index (κ1) is 14.9. The summed E-state index contributed by atoms with van der Waals surface area (Å²) in [6.45, 7) is 4.40. The standard InChI is InChI=1S/C16H18N2O4/c1-11(19)14(10-17-6-8-22-9-7-17)18-15(20)12-4-2-3-5-13(12)16(18)21/h2-5,14H,6-10H2,1H3. The number of amides is 2. The summed E-state index contributed by atoms with van der Waals surface area (Å²) in [5.74, 6) is -0.941. The fraction of sp³-hybridized carbons (Fsp3) is 0.438. The molecule has 0 saturated carbocycles. The molecule has 0 bridgehead atoms. The second-order valence-electron chi connectivity index (χ2n) is 5.57. The normalized spacial score (nSPS) is 20.1. The molecule has 3 rings (SSSR count). The number of benzene rings is 1. The number of ether oxygens (including phenoxy) is 1. The molecule has 0 aliphatic carbocycles. The van der Waals surface area contributed by atoms with Crippen LogP contribution in [0.25, 0.3) is 0 Å². The summed E-state index contributed by atoms with van der Waals surface area (Å²) < 4.78 is 5.29. The highest BCUT2D eigenvalue weighted by atomic mass is 16.5. The minimum absolute atomic E-state index is 0.180. The highest BCUT2D eigenvalue weighted by Crippen LogP contribution is 2.25. The van der Waals surface area contributed by atoms with Crippen LogP contribution in [0, 0.1) is 0 Å². The van der Waals surface area contributed by atoms with E-state index in [4.69, 9.17) is 4.74 Å². The maximum Gasteiger partial charge on any atom is 0.262 e. The summed E-state index contributed by atoms with van der Waals surface area (Å²) in [5, 5.41) is 0. The Labute approximate surface area is 128 Å². The molecule has 1 unspecified atom stereocenters. The van der Waals surface area contributed by atoms with Gasteiger partial charge in [0, 0.05) is 19.6 Å². The van der Waals surface area contributed by atoms with E-state index in [1.807, 2.05) is 0 Å². The van der Waals surface area contributed by atoms with Gasteiger partial charge in [-0.1, -0.05) is 12.1 Å². The highest BCUT2D eigenvalue weighted by molar-refractivity contribution is 6.22. The molecule has 1 aromatic rings. The van der Waals surface area contributed by atoms with E-state index in [0.29, 0.717) is 44.0 Å². The van der Waals surface area contributed by atoms with Crippen LogP contribution < -0.4 is 0 Å². The van der Waals surface area contributed by atoms with Crippen LogP contribution in [0.3, 0.4) is 0 Å². The molecule has 0 spiro atoms. The number of ketones is 1. The third-order valence-electron chi connectivity index (χ3n) is 4.14. The number of hydrogen-bond donors (Lipinski definition) is 0. The molecule has 1 fully saturated rings. The molecule has 1 saturated heterocycles. The van der Waals surface area contributed by atoms with Crippen molar-refractivity contribution in [2.24, 2.45) is 0 Å². The van der Waals surface area contributed by atoms with Crippen molar-refractivity contribution in [3.8, 4) is 0 Å². The average molecular weight is 302 g/mol. The molecule has 2 heterocycles. The molecular formula is C16H18N2O4. The van der Waals surface area contributed by atoms with Crippen LogP contribution in [-0.4, -0.2) is 66.3 Å². The Morgan fingerprint density at radius 3 is 2.18 bits per heavy atom. The van der Waals surface area contributed by atoms with E-state index in [-0.39, 0.29) is 17.6 Å². The van der Waals surface area contributed by atoms with E-state index in [2.05, 4.69) is 4.90 Å². The Balaban J connectivity index is 1.85. The second-order valence-corrected chi connectivity index (χ2v) is 5.57. The van der Waals surface area contributed by atoms with Gasteiger partial charge in [-0.15, -0.1) is 0 Å². The number of carbonyl (C=O) groups excluding carboxylic acids is 3. The van der Waals surface area contributed by atoms with Crippen molar-refractivity contribution in [1.82, 2.24) is 9.80 Å². The summed E-state index contributed by atoms with van der Waals surface area (Å²) in [5.41, 5.74) is 0.751. The predicted octanol–water partition coefficient (Wildman–Crippen LogP) is 0.572. The summed E-state index contributed by atoms with van der Waals surface area (Å²) >= 11 is 0. The number of nitrogens with zero attached hydrogens (tertiary/aromatic N) is 2. The van der Waals surface area contributed by atoms with Gasteiger partial charge in [-0.3, -0.25) is 24.2 Å². The van der Waals surface area contributed by atoms with Crippen LogP contribution in [0.5, 0.6) is 0 Å². The summed E-state index contributed by atoms with van der Waals surface area (Å²) in [7, 11) is 0. The van der Waals surface area contributed by atoms with Gasteiger partial charge in [0.2, 0.25) is 0 Å². The van der Waals surface area contributed by atoms with E-state index < -0.39 is 6.04 Å². The van der Waals surface area contributed by atoms with E-state index in [1.165, 1.54) is 6.92 Å². The van der Waals surface area contributed by atoms with E-state index >= 15 is 0 Å². The first-order valence-corrected chi connectivity index (χ1v) is 7.37. The van der Waals surface area contributed by atoms with Gasteiger partial charge >= 0.3 is 0 Å². The van der Waals surface area contributed by atoms with E-state index in [1.54, 1.807) is 24.3 Å². The molecule has 1 aromatic carbocycles. The number of fused-ring (bicyclic) bond motifs is 1. The first-order valence-electron chi connectivity index (χ1n) is 7.37. The molecule has 0 aromatic heterocycles. The minimum Gasteiger partial charge on any atom is -0.379 e. The zero-order valence-corrected chi connectivity index (χ0v) is 12.4. The van der Waals surface area contributed by atoms with E-state index in [0.717, 1.165) is 4.90 Å². The van der Waals surface area contributed by atoms with Crippen molar-refractivity contribution in [2.75, 3.05) is 32.8 Å². The van der Waals surface area contributed by atoms with Crippen molar-refractivity contribution in [3.63, 3.8) is 0 Å². The topological polar surface area (TPSA) is 66.9 Å². The van der Waals surface area contributed by atoms with Crippen LogP contribution in [-0.2, 0) is 9.53 Å². The van der Waals surface area contributed by atoms with Gasteiger partial charge in [0.15, 0.2) is 5.78 Å². The number of rotatable bonds is 4. The number of carbonyl (C=O) groups is 3. The quantitative estimate of drug-likeness (QED) is 0.761. The summed E-state index contributed by atoms with van der Waals surface area (Å²) in [6, 6.07) is 5.95. The van der Waals surface area contributed by atoms with Gasteiger partial charge < -0.3 is 4.74 Å². The molecule has 0 N–H and O–H groups in total. The van der Waals surface area contributed by atoms with Gasteiger partial charge in [0.05, 0.1) is 24.3 Å². The zero-order chi connectivity index (χ0) is 15.7. The Bertz CT molecular complexity index is 587. The van der Waals surface area contributed by atoms with Gasteiger partial charge in [-0.2, -0.15) is 0 Å². The fourth-order valence-electron chi connectivity index (χ4n) is 2.91. The molecule has 22 heavy (non-hydrogen) atoms. The van der Waals surface area contributed by atoms with Crippen LogP contribution in [0.1, 0.15) is 27.6 Å². The van der Waals surface area contributed by atoms with Gasteiger partial charge in [-0.25, -0.2) is 0 Å². The molecule has 116 valence electrons. The largest absolute Gasteiger partial charge is 0.379 e. The SMILES string of the molecule is CC(=O)C(CN1CCOCC1)N1C(=O)c2ccccc2C1=O. The van der Waals surface area contributed by atoms with Crippen molar-refractivity contribution < 1.29 is 19.1 Å². The molecule has 1 atom stereocenters. The Morgan fingerprint density at radius 1 is 1.14 bits per heavy atom. The molecule has 2 amide bonds. The second kappa shape index (κ2) is 5.98. The van der Waals surface area contributed by atoms with E-state index in [9.17, 15) is 14.4 Å². The predicted molar refractivity (Wildman–Crippen MR) is 78.7 cm³/mol. The Kier molecular flexibility index (Phi) is 4.04. The minimum atomic E-state index is -0.745. The smallest absolute Gasteiger partial charge is 0.262 e.